The fourth-order valence-corrected chi connectivity index (χ4v) is 5.05. The molecule has 0 radical (unpaired) electrons. The third-order valence-corrected chi connectivity index (χ3v) is 7.66. The van der Waals surface area contributed by atoms with Crippen molar-refractivity contribution >= 4 is 38.3 Å². The molecule has 0 saturated carbocycles. The number of carbonyl (C=O) groups excluding carboxylic acids is 2. The van der Waals surface area contributed by atoms with E-state index in [-0.39, 0.29) is 30.4 Å². The second kappa shape index (κ2) is 13.7. The van der Waals surface area contributed by atoms with Gasteiger partial charge in [-0.05, 0) is 25.0 Å². The summed E-state index contributed by atoms with van der Waals surface area (Å²) >= 11 is 0. The van der Waals surface area contributed by atoms with Gasteiger partial charge in [-0.1, -0.05) is 44.5 Å². The molecule has 206 valence electrons. The number of anilines is 1. The van der Waals surface area contributed by atoms with Crippen LogP contribution in [0.25, 0.3) is 10.8 Å². The summed E-state index contributed by atoms with van der Waals surface area (Å²) in [4.78, 5) is 26.0. The van der Waals surface area contributed by atoms with E-state index in [1.54, 1.807) is 26.0 Å². The van der Waals surface area contributed by atoms with Gasteiger partial charge in [0, 0.05) is 62.0 Å². The highest BCUT2D eigenvalue weighted by atomic mass is 32.2. The predicted molar refractivity (Wildman–Crippen MR) is 145 cm³/mol. The van der Waals surface area contributed by atoms with E-state index in [1.807, 2.05) is 43.3 Å². The molecule has 0 bridgehead atoms. The molecule has 11 heteroatoms. The smallest absolute Gasteiger partial charge is 0.249 e. The lowest BCUT2D eigenvalue weighted by atomic mass is 9.87. The molecule has 0 unspecified atom stereocenters. The van der Waals surface area contributed by atoms with E-state index in [2.05, 4.69) is 15.4 Å². The van der Waals surface area contributed by atoms with Gasteiger partial charge in [-0.25, -0.2) is 13.1 Å². The largest absolute Gasteiger partial charge is 0.396 e. The molecule has 0 saturated heterocycles. The molecule has 1 atom stereocenters. The Morgan fingerprint density at radius 3 is 2.27 bits per heavy atom. The van der Waals surface area contributed by atoms with Gasteiger partial charge in [0.1, 0.15) is 6.10 Å². The zero-order valence-corrected chi connectivity index (χ0v) is 22.9. The van der Waals surface area contributed by atoms with Crippen molar-refractivity contribution in [1.29, 1.82) is 0 Å². The van der Waals surface area contributed by atoms with E-state index in [0.717, 1.165) is 17.5 Å². The van der Waals surface area contributed by atoms with E-state index in [4.69, 9.17) is 0 Å². The maximum absolute atomic E-state index is 12.9. The van der Waals surface area contributed by atoms with Gasteiger partial charge in [-0.3, -0.25) is 9.59 Å². The van der Waals surface area contributed by atoms with Gasteiger partial charge in [0.25, 0.3) is 0 Å². The molecule has 2 rings (SSSR count). The van der Waals surface area contributed by atoms with Gasteiger partial charge in [-0.2, -0.15) is 0 Å². The van der Waals surface area contributed by atoms with Crippen LogP contribution in [0, 0.1) is 5.41 Å². The van der Waals surface area contributed by atoms with Crippen molar-refractivity contribution < 1.29 is 28.2 Å². The van der Waals surface area contributed by atoms with E-state index >= 15 is 0 Å². The van der Waals surface area contributed by atoms with Gasteiger partial charge in [0.05, 0.1) is 11.5 Å². The topological polar surface area (TPSA) is 148 Å². The molecule has 0 aromatic heterocycles. The second-order valence-electron chi connectivity index (χ2n) is 9.92. The third kappa shape index (κ3) is 8.67. The van der Waals surface area contributed by atoms with Crippen molar-refractivity contribution in [2.24, 2.45) is 5.41 Å². The van der Waals surface area contributed by atoms with Gasteiger partial charge >= 0.3 is 0 Å². The molecule has 0 aliphatic rings. The Hall–Kier alpha value is -2.73. The number of benzene rings is 2. The molecular formula is C26H40N4O6S. The number of nitrogens with zero attached hydrogens (tertiary/aromatic N) is 1. The van der Waals surface area contributed by atoms with Crippen molar-refractivity contribution in [3.05, 3.63) is 36.4 Å². The van der Waals surface area contributed by atoms with Crippen LogP contribution in [0.15, 0.2) is 41.3 Å². The first kappa shape index (κ1) is 30.5. The zero-order chi connectivity index (χ0) is 27.6. The molecule has 0 spiro atoms. The second-order valence-corrected chi connectivity index (χ2v) is 11.7. The number of fused-ring (bicyclic) bond motifs is 1. The van der Waals surface area contributed by atoms with Crippen molar-refractivity contribution in [2.45, 2.75) is 50.5 Å². The van der Waals surface area contributed by atoms with Crippen LogP contribution in [-0.4, -0.2) is 76.9 Å². The summed E-state index contributed by atoms with van der Waals surface area (Å²) in [7, 11) is 0.161. The zero-order valence-electron chi connectivity index (χ0n) is 22.1. The van der Waals surface area contributed by atoms with Crippen LogP contribution in [-0.2, 0) is 19.6 Å². The molecule has 2 amide bonds. The molecule has 0 fully saturated rings. The Kier molecular flexibility index (Phi) is 11.3. The summed E-state index contributed by atoms with van der Waals surface area (Å²) in [5.41, 5.74) is -0.0207. The third-order valence-electron chi connectivity index (χ3n) is 6.15. The van der Waals surface area contributed by atoms with Crippen molar-refractivity contribution in [1.82, 2.24) is 15.4 Å². The summed E-state index contributed by atoms with van der Waals surface area (Å²) in [5.74, 6) is -0.860. The van der Waals surface area contributed by atoms with Crippen molar-refractivity contribution in [2.75, 3.05) is 45.2 Å². The Balaban J connectivity index is 1.69. The van der Waals surface area contributed by atoms with Crippen LogP contribution < -0.4 is 20.3 Å². The average Bonchev–Trinajstić information content (AvgIpc) is 2.86. The summed E-state index contributed by atoms with van der Waals surface area (Å²) < 4.78 is 28.5. The highest BCUT2D eigenvalue weighted by Gasteiger charge is 2.32. The van der Waals surface area contributed by atoms with Gasteiger partial charge in [0.15, 0.2) is 0 Å². The average molecular weight is 537 g/mol. The minimum atomic E-state index is -3.67. The number of nitrogens with one attached hydrogen (secondary N) is 3. The molecule has 0 aliphatic heterocycles. The maximum Gasteiger partial charge on any atom is 0.249 e. The number of unbranched alkanes of at least 4 members (excludes halogenated alkanes) is 2. The number of aliphatic hydroxyl groups is 2. The van der Waals surface area contributed by atoms with Gasteiger partial charge in [-0.15, -0.1) is 0 Å². The molecule has 5 N–H and O–H groups in total. The van der Waals surface area contributed by atoms with Crippen LogP contribution in [0.4, 0.5) is 5.69 Å². The van der Waals surface area contributed by atoms with Crippen LogP contribution in [0.2, 0.25) is 0 Å². The molecule has 0 aliphatic carbocycles. The number of sulfonamides is 1. The molecular weight excluding hydrogens is 496 g/mol. The van der Waals surface area contributed by atoms with E-state index in [9.17, 15) is 28.2 Å². The van der Waals surface area contributed by atoms with Crippen molar-refractivity contribution in [3.8, 4) is 0 Å². The van der Waals surface area contributed by atoms with E-state index in [0.29, 0.717) is 31.3 Å². The number of carbonyl (C=O) groups is 2. The molecule has 37 heavy (non-hydrogen) atoms. The maximum atomic E-state index is 12.9. The van der Waals surface area contributed by atoms with E-state index in [1.165, 1.54) is 0 Å². The number of hydrogen-bond donors (Lipinski definition) is 5. The lowest BCUT2D eigenvalue weighted by Gasteiger charge is -2.27. The number of aliphatic hydroxyl groups excluding tert-OH is 2. The Morgan fingerprint density at radius 1 is 0.946 bits per heavy atom. The summed E-state index contributed by atoms with van der Waals surface area (Å²) in [5, 5.41) is 25.9. The number of hydrogen-bond acceptors (Lipinski definition) is 7. The Bertz CT molecular complexity index is 1170. The minimum Gasteiger partial charge on any atom is -0.396 e. The fourth-order valence-electron chi connectivity index (χ4n) is 3.75. The molecule has 0 heterocycles. The number of amides is 2. The van der Waals surface area contributed by atoms with Crippen LogP contribution in [0.3, 0.4) is 0 Å². The van der Waals surface area contributed by atoms with Crippen LogP contribution in [0.5, 0.6) is 0 Å². The molecule has 10 nitrogen and oxygen atoms in total. The van der Waals surface area contributed by atoms with Gasteiger partial charge in [0.2, 0.25) is 21.8 Å². The van der Waals surface area contributed by atoms with Crippen LogP contribution in [0.1, 0.15) is 39.5 Å². The van der Waals surface area contributed by atoms with Gasteiger partial charge < -0.3 is 25.7 Å². The fraction of sp³-hybridized carbons (Fsp3) is 0.538. The first-order valence-electron chi connectivity index (χ1n) is 12.4. The number of rotatable bonds is 15. The Morgan fingerprint density at radius 2 is 1.59 bits per heavy atom. The lowest BCUT2D eigenvalue weighted by Crippen LogP contribution is -2.46. The Labute approximate surface area is 219 Å². The molecule has 2 aromatic rings. The minimum absolute atomic E-state index is 0.0678. The van der Waals surface area contributed by atoms with E-state index < -0.39 is 27.4 Å². The monoisotopic (exact) mass is 536 g/mol. The summed E-state index contributed by atoms with van der Waals surface area (Å²) in [6, 6.07) is 10.9. The highest BCUT2D eigenvalue weighted by molar-refractivity contribution is 7.89. The molecule has 2 aromatic carbocycles. The summed E-state index contributed by atoms with van der Waals surface area (Å²) in [6.07, 6.45) is 0.732. The quantitative estimate of drug-likeness (QED) is 0.216. The van der Waals surface area contributed by atoms with Crippen molar-refractivity contribution in [3.63, 3.8) is 0 Å². The van der Waals surface area contributed by atoms with Crippen LogP contribution >= 0.6 is 0 Å². The first-order valence-corrected chi connectivity index (χ1v) is 13.9. The first-order chi connectivity index (χ1) is 17.4. The predicted octanol–water partition coefficient (Wildman–Crippen LogP) is 1.36. The highest BCUT2D eigenvalue weighted by Crippen LogP contribution is 2.30. The summed E-state index contributed by atoms with van der Waals surface area (Å²) in [6.45, 7) is 3.60. The standard InChI is InChI=1S/C26H40N4O6S/c1-26(2,18-31)24(33)25(34)28-17-14-23(32)27-15-6-5-7-16-29-37(35,36)22-13-9-10-19-20(22)11-8-12-21(19)30(3)4/h8-13,24,29,31,33H,5-7,14-18H2,1-4H3,(H,27,32)(H,28,34)/t24-/m0/s1. The normalized spacial score (nSPS) is 12.8. The SMILES string of the molecule is CN(C)c1cccc2c(S(=O)(=O)NCCCCCNC(=O)CCNC(=O)[C@H](O)C(C)(C)CO)cccc12. The lowest BCUT2D eigenvalue weighted by molar-refractivity contribution is -0.137.